The summed E-state index contributed by atoms with van der Waals surface area (Å²) < 4.78 is 0. The first-order valence-electron chi connectivity index (χ1n) is 10.4. The van der Waals surface area contributed by atoms with Gasteiger partial charge in [0.2, 0.25) is 0 Å². The molecule has 0 aliphatic heterocycles. The molecule has 0 saturated heterocycles. The quantitative estimate of drug-likeness (QED) is 0.294. The van der Waals surface area contributed by atoms with E-state index in [9.17, 15) is 0 Å². The van der Waals surface area contributed by atoms with E-state index in [0.717, 1.165) is 0 Å². The van der Waals surface area contributed by atoms with Crippen LogP contribution in [-0.2, 0) is 0 Å². The summed E-state index contributed by atoms with van der Waals surface area (Å²) in [4.78, 5) is 11.0. The first kappa shape index (κ1) is 17.2. The maximum absolute atomic E-state index is 3.75. The fourth-order valence-corrected chi connectivity index (χ4v) is 4.97. The predicted octanol–water partition coefficient (Wildman–Crippen LogP) is 6.93. The Morgan fingerprint density at radius 1 is 0.567 bits per heavy atom. The number of aromatic amines is 3. The van der Waals surface area contributed by atoms with Gasteiger partial charge in [-0.05, 0) is 48.7 Å². The minimum absolute atomic E-state index is 0.0842. The van der Waals surface area contributed by atoms with Crippen LogP contribution in [0.4, 0.5) is 0 Å². The van der Waals surface area contributed by atoms with Crippen molar-refractivity contribution in [1.82, 2.24) is 15.0 Å². The second-order valence-electron chi connectivity index (χ2n) is 8.14. The number of para-hydroxylation sites is 3. The van der Waals surface area contributed by atoms with E-state index in [1.54, 1.807) is 0 Å². The van der Waals surface area contributed by atoms with Crippen molar-refractivity contribution in [2.75, 3.05) is 0 Å². The number of nitrogens with one attached hydrogen (secondary N) is 3. The first-order valence-corrected chi connectivity index (χ1v) is 10.4. The van der Waals surface area contributed by atoms with Crippen LogP contribution in [0.2, 0.25) is 0 Å². The molecule has 0 spiro atoms. The number of aromatic nitrogens is 3. The third-order valence-electron chi connectivity index (χ3n) is 6.52. The summed E-state index contributed by atoms with van der Waals surface area (Å²) in [6, 6.07) is 25.7. The lowest BCUT2D eigenvalue weighted by molar-refractivity contribution is 0.894. The van der Waals surface area contributed by atoms with E-state index in [4.69, 9.17) is 0 Å². The van der Waals surface area contributed by atoms with E-state index < -0.39 is 0 Å². The molecule has 3 aromatic heterocycles. The summed E-state index contributed by atoms with van der Waals surface area (Å²) in [5.41, 5.74) is 9.92. The van der Waals surface area contributed by atoms with Crippen LogP contribution in [0.5, 0.6) is 0 Å². The maximum atomic E-state index is 3.75. The fraction of sp³-hybridized carbons (Fsp3) is 0.111. The normalized spacial score (nSPS) is 12.0. The summed E-state index contributed by atoms with van der Waals surface area (Å²) in [6.45, 7) is 4.46. The maximum Gasteiger partial charge on any atom is 0.0668 e. The van der Waals surface area contributed by atoms with Gasteiger partial charge in [0, 0.05) is 50.3 Å². The van der Waals surface area contributed by atoms with Gasteiger partial charge in [0.25, 0.3) is 0 Å². The molecule has 146 valence electrons. The summed E-state index contributed by atoms with van der Waals surface area (Å²) >= 11 is 0. The van der Waals surface area contributed by atoms with Crippen molar-refractivity contribution in [2.45, 2.75) is 19.8 Å². The summed E-state index contributed by atoms with van der Waals surface area (Å²) in [6.07, 6.45) is 2.17. The molecule has 0 aliphatic carbocycles. The second kappa shape index (κ2) is 6.39. The van der Waals surface area contributed by atoms with E-state index in [0.29, 0.717) is 0 Å². The molecule has 0 unspecified atom stereocenters. The van der Waals surface area contributed by atoms with Crippen LogP contribution in [0.3, 0.4) is 0 Å². The van der Waals surface area contributed by atoms with Gasteiger partial charge in [0.1, 0.15) is 0 Å². The molecule has 3 nitrogen and oxygen atoms in total. The first-order chi connectivity index (χ1) is 14.7. The molecule has 3 N–H and O–H groups in total. The number of H-pyrrole nitrogens is 3. The van der Waals surface area contributed by atoms with Crippen molar-refractivity contribution >= 4 is 32.7 Å². The Morgan fingerprint density at radius 3 is 1.57 bits per heavy atom. The zero-order valence-corrected chi connectivity index (χ0v) is 17.1. The number of rotatable bonds is 3. The molecular formula is C27H23N3. The molecule has 30 heavy (non-hydrogen) atoms. The molecule has 0 aliphatic rings. The third kappa shape index (κ3) is 2.38. The summed E-state index contributed by atoms with van der Waals surface area (Å²) in [5, 5.41) is 3.83. The predicted molar refractivity (Wildman–Crippen MR) is 125 cm³/mol. The molecule has 0 fully saturated rings. The Morgan fingerprint density at radius 2 is 1.03 bits per heavy atom. The van der Waals surface area contributed by atoms with E-state index in [-0.39, 0.29) is 5.92 Å². The van der Waals surface area contributed by atoms with Crippen LogP contribution in [0.1, 0.15) is 34.0 Å². The Kier molecular flexibility index (Phi) is 3.66. The Bertz CT molecular complexity index is 1450. The molecule has 0 amide bonds. The SMILES string of the molecule is Cc1c(C(c2[nH]c3ccccc3c2C)c2c[nH]c3ccccc23)[nH]c2ccccc12. The number of hydrogen-bond acceptors (Lipinski definition) is 0. The molecular weight excluding hydrogens is 366 g/mol. The topological polar surface area (TPSA) is 47.4 Å². The highest BCUT2D eigenvalue weighted by molar-refractivity contribution is 5.90. The zero-order chi connectivity index (χ0) is 20.2. The van der Waals surface area contributed by atoms with Gasteiger partial charge in [-0.25, -0.2) is 0 Å². The molecule has 6 rings (SSSR count). The third-order valence-corrected chi connectivity index (χ3v) is 6.52. The fourth-order valence-electron chi connectivity index (χ4n) is 4.97. The van der Waals surface area contributed by atoms with Crippen LogP contribution in [0.15, 0.2) is 79.0 Å². The van der Waals surface area contributed by atoms with Crippen molar-refractivity contribution in [3.8, 4) is 0 Å². The van der Waals surface area contributed by atoms with Gasteiger partial charge in [-0.1, -0.05) is 54.6 Å². The average Bonchev–Trinajstić information content (AvgIpc) is 3.45. The summed E-state index contributed by atoms with van der Waals surface area (Å²) in [7, 11) is 0. The van der Waals surface area contributed by atoms with Crippen molar-refractivity contribution in [3.63, 3.8) is 0 Å². The van der Waals surface area contributed by atoms with Crippen LogP contribution in [0.25, 0.3) is 32.7 Å². The number of fused-ring (bicyclic) bond motifs is 3. The van der Waals surface area contributed by atoms with Crippen LogP contribution < -0.4 is 0 Å². The molecule has 6 aromatic rings. The lowest BCUT2D eigenvalue weighted by Gasteiger charge is -2.17. The van der Waals surface area contributed by atoms with E-state index >= 15 is 0 Å². The Hall–Kier alpha value is -3.72. The van der Waals surface area contributed by atoms with E-state index in [1.807, 2.05) is 0 Å². The molecule has 0 bridgehead atoms. The van der Waals surface area contributed by atoms with Crippen molar-refractivity contribution < 1.29 is 0 Å². The highest BCUT2D eigenvalue weighted by atomic mass is 14.8. The van der Waals surface area contributed by atoms with Crippen molar-refractivity contribution in [3.05, 3.63) is 107 Å². The van der Waals surface area contributed by atoms with Gasteiger partial charge in [-0.2, -0.15) is 0 Å². The van der Waals surface area contributed by atoms with Crippen LogP contribution >= 0.6 is 0 Å². The Balaban J connectivity index is 1.70. The standard InChI is InChI=1S/C27H23N3/c1-16-18-9-3-7-13-23(18)29-26(16)25(21-15-28-22-12-6-5-11-20(21)22)27-17(2)19-10-4-8-14-24(19)30-27/h3-15,25,28-30H,1-2H3. The second-order valence-corrected chi connectivity index (χ2v) is 8.14. The highest BCUT2D eigenvalue weighted by Crippen LogP contribution is 2.41. The minimum atomic E-state index is 0.0842. The molecule has 0 atom stereocenters. The van der Waals surface area contributed by atoms with Crippen LogP contribution in [-0.4, -0.2) is 15.0 Å². The molecule has 3 heteroatoms. The molecule has 0 saturated carbocycles. The van der Waals surface area contributed by atoms with E-state index in [2.05, 4.69) is 108 Å². The van der Waals surface area contributed by atoms with Gasteiger partial charge in [-0.3, -0.25) is 0 Å². The smallest absolute Gasteiger partial charge is 0.0668 e. The lowest BCUT2D eigenvalue weighted by atomic mass is 9.88. The van der Waals surface area contributed by atoms with Gasteiger partial charge in [0.15, 0.2) is 0 Å². The minimum Gasteiger partial charge on any atom is -0.361 e. The van der Waals surface area contributed by atoms with Gasteiger partial charge < -0.3 is 15.0 Å². The lowest BCUT2D eigenvalue weighted by Crippen LogP contribution is -2.07. The number of benzene rings is 3. The zero-order valence-electron chi connectivity index (χ0n) is 17.1. The molecule has 0 radical (unpaired) electrons. The van der Waals surface area contributed by atoms with Gasteiger partial charge in [0.05, 0.1) is 5.92 Å². The van der Waals surface area contributed by atoms with Crippen molar-refractivity contribution in [2.24, 2.45) is 0 Å². The van der Waals surface area contributed by atoms with Crippen molar-refractivity contribution in [1.29, 1.82) is 0 Å². The van der Waals surface area contributed by atoms with E-state index in [1.165, 1.54) is 60.8 Å². The number of aryl methyl sites for hydroxylation is 2. The largest absolute Gasteiger partial charge is 0.361 e. The van der Waals surface area contributed by atoms with Crippen LogP contribution in [0, 0.1) is 13.8 Å². The summed E-state index contributed by atoms with van der Waals surface area (Å²) in [5.74, 6) is 0.0842. The molecule has 3 heterocycles. The molecule has 3 aromatic carbocycles. The number of hydrogen-bond donors (Lipinski definition) is 3. The van der Waals surface area contributed by atoms with Gasteiger partial charge in [-0.15, -0.1) is 0 Å². The average molecular weight is 390 g/mol. The highest BCUT2D eigenvalue weighted by Gasteiger charge is 2.27. The Labute approximate surface area is 174 Å². The van der Waals surface area contributed by atoms with Gasteiger partial charge >= 0.3 is 0 Å². The monoisotopic (exact) mass is 389 g/mol.